The first kappa shape index (κ1) is 36.1. The van der Waals surface area contributed by atoms with E-state index in [1.165, 1.54) is 30.0 Å². The van der Waals surface area contributed by atoms with Crippen molar-refractivity contribution in [1.82, 2.24) is 15.3 Å². The number of nitrogens with two attached hydrogens (primary N) is 2. The fourth-order valence-corrected chi connectivity index (χ4v) is 6.23. The molecule has 0 saturated heterocycles. The molecule has 15 heteroatoms. The van der Waals surface area contributed by atoms with E-state index in [0.717, 1.165) is 22.7 Å². The Bertz CT molecular complexity index is 1820. The van der Waals surface area contributed by atoms with Crippen LogP contribution in [0.2, 0.25) is 5.02 Å². The van der Waals surface area contributed by atoms with Crippen molar-refractivity contribution in [2.75, 3.05) is 25.1 Å². The number of esters is 1. The van der Waals surface area contributed by atoms with E-state index in [2.05, 4.69) is 22.8 Å². The number of aromatic nitrogens is 2. The van der Waals surface area contributed by atoms with Gasteiger partial charge in [-0.15, -0.1) is 11.3 Å². The maximum atomic E-state index is 12.1. The smallest absolute Gasteiger partial charge is 0.328 e. The van der Waals surface area contributed by atoms with Crippen LogP contribution >= 0.6 is 34.7 Å². The van der Waals surface area contributed by atoms with Crippen molar-refractivity contribution in [2.24, 2.45) is 11.5 Å². The van der Waals surface area contributed by atoms with Gasteiger partial charge in [0.05, 0.1) is 11.3 Å². The Morgan fingerprint density at radius 3 is 2.35 bits per heavy atom. The summed E-state index contributed by atoms with van der Waals surface area (Å²) in [5.41, 5.74) is 14.0. The molecular weight excluding hydrogens is 672 g/mol. The lowest BCUT2D eigenvalue weighted by molar-refractivity contribution is -0.148. The molecule has 48 heavy (non-hydrogen) atoms. The van der Waals surface area contributed by atoms with Crippen LogP contribution in [0.4, 0.5) is 5.82 Å². The number of carbonyl (C=O) groups is 2. The summed E-state index contributed by atoms with van der Waals surface area (Å²) < 4.78 is 10.9. The quantitative estimate of drug-likeness (QED) is 0.0556. The molecule has 2 heterocycles. The Morgan fingerprint density at radius 2 is 1.71 bits per heavy atom. The highest BCUT2D eigenvalue weighted by Crippen LogP contribution is 2.38. The van der Waals surface area contributed by atoms with Crippen molar-refractivity contribution in [3.8, 4) is 39.6 Å². The Balaban J connectivity index is 1.50. The molecule has 0 aliphatic rings. The fraction of sp³-hybridized carbons (Fsp3) is 0.273. The van der Waals surface area contributed by atoms with E-state index < -0.39 is 24.1 Å². The molecule has 0 aliphatic carbocycles. The zero-order valence-corrected chi connectivity index (χ0v) is 28.5. The van der Waals surface area contributed by atoms with Gasteiger partial charge in [-0.25, -0.2) is 14.8 Å². The number of nitriles is 2. The second-order valence-electron chi connectivity index (χ2n) is 10.3. The lowest BCUT2D eigenvalue weighted by atomic mass is 9.96. The van der Waals surface area contributed by atoms with Crippen LogP contribution in [0.1, 0.15) is 37.1 Å². The third-order valence-electron chi connectivity index (χ3n) is 6.68. The van der Waals surface area contributed by atoms with Crippen LogP contribution in [0.15, 0.2) is 58.9 Å². The standard InChI is InChI=1S/C33H33ClN8O4S2/c1-3-12-39-29-25(15-35)27(20-6-10-24(11-7-20)45-13-14-46-33(44)19(2)40-30(43)28(37)38)26(16-36)32(42-29)48-18-23-17-47-31(41-23)21-4-8-22(34)9-5-21/h4-11,17,19,28H,3,12-14,18,37-38H2,1-2H3,(H,39,42)(H,40,43)/t19-/m0/s1. The van der Waals surface area contributed by atoms with Crippen LogP contribution < -0.4 is 26.8 Å². The molecule has 2 aromatic carbocycles. The minimum atomic E-state index is -1.24. The molecule has 0 fully saturated rings. The largest absolute Gasteiger partial charge is 0.490 e. The molecule has 2 aromatic heterocycles. The summed E-state index contributed by atoms with van der Waals surface area (Å²) in [5, 5.41) is 30.1. The van der Waals surface area contributed by atoms with E-state index >= 15 is 0 Å². The van der Waals surface area contributed by atoms with Gasteiger partial charge in [0.25, 0.3) is 5.91 Å². The molecule has 0 radical (unpaired) electrons. The number of rotatable bonds is 15. The normalized spacial score (nSPS) is 11.3. The molecule has 0 aliphatic heterocycles. The minimum absolute atomic E-state index is 0.0481. The number of amides is 1. The number of nitrogens with one attached hydrogen (secondary N) is 2. The number of halogens is 1. The topological polar surface area (TPSA) is 202 Å². The van der Waals surface area contributed by atoms with Crippen LogP contribution in [-0.2, 0) is 20.1 Å². The predicted molar refractivity (Wildman–Crippen MR) is 186 cm³/mol. The SMILES string of the molecule is CCCNc1nc(SCc2csc(-c3ccc(Cl)cc3)n2)c(C#N)c(-c2ccc(OCCOC(=O)[C@H](C)NC(=O)C(N)N)cc2)c1C#N. The number of hydrogen-bond acceptors (Lipinski definition) is 13. The number of thiazole rings is 1. The van der Waals surface area contributed by atoms with E-state index in [4.69, 9.17) is 42.5 Å². The van der Waals surface area contributed by atoms with Crippen LogP contribution in [0.5, 0.6) is 5.75 Å². The monoisotopic (exact) mass is 704 g/mol. The maximum absolute atomic E-state index is 12.1. The molecule has 12 nitrogen and oxygen atoms in total. The van der Waals surface area contributed by atoms with Crippen molar-refractivity contribution in [3.63, 3.8) is 0 Å². The van der Waals surface area contributed by atoms with Crippen LogP contribution in [0.3, 0.4) is 0 Å². The molecule has 0 unspecified atom stereocenters. The maximum Gasteiger partial charge on any atom is 0.328 e. The second-order valence-corrected chi connectivity index (χ2v) is 12.5. The lowest BCUT2D eigenvalue weighted by Gasteiger charge is -2.16. The van der Waals surface area contributed by atoms with Crippen LogP contribution in [0.25, 0.3) is 21.7 Å². The van der Waals surface area contributed by atoms with E-state index in [9.17, 15) is 20.1 Å². The number of ether oxygens (including phenoxy) is 2. The molecule has 1 atom stereocenters. The Hall–Kier alpha value is -4.70. The first-order chi connectivity index (χ1) is 23.1. The minimum Gasteiger partial charge on any atom is -0.490 e. The van der Waals surface area contributed by atoms with Crippen molar-refractivity contribution in [3.05, 3.63) is 75.8 Å². The molecular formula is C33H33ClN8O4S2. The molecule has 6 N–H and O–H groups in total. The molecule has 0 bridgehead atoms. The van der Waals surface area contributed by atoms with Gasteiger partial charge >= 0.3 is 5.97 Å². The third-order valence-corrected chi connectivity index (χ3v) is 8.89. The summed E-state index contributed by atoms with van der Waals surface area (Å²) in [5.74, 6) is 0.0122. The number of anilines is 1. The number of nitrogens with zero attached hydrogens (tertiary/aromatic N) is 4. The van der Waals surface area contributed by atoms with E-state index in [-0.39, 0.29) is 24.3 Å². The van der Waals surface area contributed by atoms with Crippen LogP contribution in [0, 0.1) is 22.7 Å². The second kappa shape index (κ2) is 17.5. The Morgan fingerprint density at radius 1 is 1.02 bits per heavy atom. The molecule has 1 amide bonds. The van der Waals surface area contributed by atoms with E-state index in [1.807, 2.05) is 36.6 Å². The highest BCUT2D eigenvalue weighted by Gasteiger charge is 2.23. The predicted octanol–water partition coefficient (Wildman–Crippen LogP) is 5.05. The summed E-state index contributed by atoms with van der Waals surface area (Å²) in [6.45, 7) is 4.04. The van der Waals surface area contributed by atoms with Crippen molar-refractivity contribution >= 4 is 52.4 Å². The molecule has 0 saturated carbocycles. The van der Waals surface area contributed by atoms with Gasteiger partial charge in [0.15, 0.2) is 0 Å². The van der Waals surface area contributed by atoms with Gasteiger partial charge < -0.3 is 31.6 Å². The summed E-state index contributed by atoms with van der Waals surface area (Å²) in [6.07, 6.45) is -0.428. The third kappa shape index (κ3) is 9.44. The lowest BCUT2D eigenvalue weighted by Crippen LogP contribution is -2.51. The van der Waals surface area contributed by atoms with Gasteiger partial charge in [-0.3, -0.25) is 4.79 Å². The molecule has 0 spiro atoms. The van der Waals surface area contributed by atoms with Gasteiger partial charge in [0.1, 0.15) is 64.7 Å². The van der Waals surface area contributed by atoms with Crippen LogP contribution in [-0.4, -0.2) is 53.8 Å². The highest BCUT2D eigenvalue weighted by molar-refractivity contribution is 7.98. The van der Waals surface area contributed by atoms with Gasteiger partial charge in [-0.05, 0) is 43.2 Å². The van der Waals surface area contributed by atoms with Crippen molar-refractivity contribution in [2.45, 2.75) is 43.3 Å². The zero-order valence-electron chi connectivity index (χ0n) is 26.2. The van der Waals surface area contributed by atoms with Crippen molar-refractivity contribution in [1.29, 1.82) is 10.5 Å². The number of carbonyl (C=O) groups excluding carboxylic acids is 2. The highest BCUT2D eigenvalue weighted by atomic mass is 35.5. The van der Waals surface area contributed by atoms with Gasteiger partial charge in [-0.2, -0.15) is 10.5 Å². The number of benzene rings is 2. The van der Waals surface area contributed by atoms with E-state index in [1.54, 1.807) is 24.3 Å². The van der Waals surface area contributed by atoms with Gasteiger partial charge in [0.2, 0.25) is 0 Å². The number of hydrogen-bond donors (Lipinski definition) is 4. The summed E-state index contributed by atoms with van der Waals surface area (Å²) >= 11 is 8.92. The Kier molecular flexibility index (Phi) is 13.1. The number of thioether (sulfide) groups is 1. The molecule has 4 rings (SSSR count). The summed E-state index contributed by atoms with van der Waals surface area (Å²) in [7, 11) is 0. The van der Waals surface area contributed by atoms with Crippen molar-refractivity contribution < 1.29 is 19.1 Å². The first-order valence-corrected chi connectivity index (χ1v) is 17.1. The average molecular weight is 705 g/mol. The van der Waals surface area contributed by atoms with E-state index in [0.29, 0.717) is 45.0 Å². The Labute approximate surface area is 291 Å². The molecule has 4 aromatic rings. The summed E-state index contributed by atoms with van der Waals surface area (Å²) in [4.78, 5) is 33.1. The first-order valence-electron chi connectivity index (χ1n) is 14.8. The van der Waals surface area contributed by atoms with Gasteiger partial charge in [0, 0.05) is 33.8 Å². The zero-order chi connectivity index (χ0) is 34.6. The summed E-state index contributed by atoms with van der Waals surface area (Å²) in [6, 6.07) is 18.0. The fourth-order valence-electron chi connectivity index (χ4n) is 4.29. The number of pyridine rings is 1. The average Bonchev–Trinajstić information content (AvgIpc) is 3.57. The van der Waals surface area contributed by atoms with Gasteiger partial charge in [-0.1, -0.05) is 54.6 Å². The molecule has 248 valence electrons.